The summed E-state index contributed by atoms with van der Waals surface area (Å²) in [4.78, 5) is 22.7. The van der Waals surface area contributed by atoms with E-state index in [0.29, 0.717) is 16.7 Å². The maximum atomic E-state index is 11.5. The molecule has 2 rings (SSSR count). The normalized spacial score (nSPS) is 18.4. The third kappa shape index (κ3) is 3.44. The number of ketones is 1. The van der Waals surface area contributed by atoms with E-state index < -0.39 is 12.1 Å². The highest BCUT2D eigenvalue weighted by atomic mass is 79.9. The highest BCUT2D eigenvalue weighted by Crippen LogP contribution is 2.27. The molecule has 5 heteroatoms. The molecule has 1 aliphatic rings. The van der Waals surface area contributed by atoms with Crippen LogP contribution in [0.1, 0.15) is 18.9 Å². The lowest BCUT2D eigenvalue weighted by atomic mass is 10.1. The third-order valence-corrected chi connectivity index (χ3v) is 3.54. The van der Waals surface area contributed by atoms with Gasteiger partial charge in [0.05, 0.1) is 5.70 Å². The fraction of sp³-hybridized carbons (Fsp3) is 0.286. The van der Waals surface area contributed by atoms with Crippen molar-refractivity contribution in [1.29, 1.82) is 0 Å². The van der Waals surface area contributed by atoms with Crippen molar-refractivity contribution in [3.63, 3.8) is 0 Å². The average molecular weight is 324 g/mol. The maximum absolute atomic E-state index is 11.5. The zero-order valence-electron chi connectivity index (χ0n) is 10.5. The molecule has 1 atom stereocenters. The number of benzene rings is 1. The van der Waals surface area contributed by atoms with Gasteiger partial charge in [-0.15, -0.1) is 0 Å². The first-order valence-corrected chi connectivity index (χ1v) is 6.75. The summed E-state index contributed by atoms with van der Waals surface area (Å²) in [5.74, 6) is -0.444. The Morgan fingerprint density at radius 3 is 2.68 bits per heavy atom. The van der Waals surface area contributed by atoms with Gasteiger partial charge in [-0.3, -0.25) is 4.79 Å². The van der Waals surface area contributed by atoms with Crippen molar-refractivity contribution in [3.8, 4) is 0 Å². The minimum absolute atomic E-state index is 0.0148. The Morgan fingerprint density at radius 1 is 1.37 bits per heavy atom. The quantitative estimate of drug-likeness (QED) is 0.845. The summed E-state index contributed by atoms with van der Waals surface area (Å²) in [6.45, 7) is 2.06. The van der Waals surface area contributed by atoms with Gasteiger partial charge in [0.25, 0.3) is 0 Å². The van der Waals surface area contributed by atoms with Crippen molar-refractivity contribution in [1.82, 2.24) is 5.32 Å². The predicted molar refractivity (Wildman–Crippen MR) is 74.4 cm³/mol. The van der Waals surface area contributed by atoms with E-state index in [-0.39, 0.29) is 12.2 Å². The van der Waals surface area contributed by atoms with E-state index in [0.717, 1.165) is 5.56 Å². The second-order valence-corrected chi connectivity index (χ2v) is 5.16. The number of ether oxygens (including phenoxy) is 1. The van der Waals surface area contributed by atoms with Gasteiger partial charge in [-0.1, -0.05) is 30.3 Å². The molecule has 100 valence electrons. The van der Waals surface area contributed by atoms with Gasteiger partial charge in [0.15, 0.2) is 0 Å². The number of esters is 1. The van der Waals surface area contributed by atoms with Crippen LogP contribution in [0.2, 0.25) is 0 Å². The van der Waals surface area contributed by atoms with Crippen LogP contribution in [-0.2, 0) is 20.9 Å². The molecule has 1 aromatic rings. The van der Waals surface area contributed by atoms with Gasteiger partial charge in [-0.2, -0.15) is 0 Å². The fourth-order valence-corrected chi connectivity index (χ4v) is 2.37. The van der Waals surface area contributed by atoms with Crippen LogP contribution in [0.4, 0.5) is 0 Å². The number of carbonyl (C=O) groups excluding carboxylic acids is 2. The number of hydrogen-bond acceptors (Lipinski definition) is 4. The van der Waals surface area contributed by atoms with Crippen LogP contribution in [0, 0.1) is 0 Å². The summed E-state index contributed by atoms with van der Waals surface area (Å²) in [7, 11) is 0. The van der Waals surface area contributed by atoms with Crippen LogP contribution in [-0.4, -0.2) is 17.9 Å². The number of hydrogen-bond donors (Lipinski definition) is 1. The molecule has 0 saturated carbocycles. The molecule has 0 amide bonds. The van der Waals surface area contributed by atoms with Crippen molar-refractivity contribution in [3.05, 3.63) is 46.1 Å². The van der Waals surface area contributed by atoms with Crippen molar-refractivity contribution in [2.45, 2.75) is 26.0 Å². The van der Waals surface area contributed by atoms with E-state index in [9.17, 15) is 9.59 Å². The minimum Gasteiger partial charge on any atom is -0.451 e. The van der Waals surface area contributed by atoms with Gasteiger partial charge < -0.3 is 10.1 Å². The van der Waals surface area contributed by atoms with Gasteiger partial charge >= 0.3 is 5.97 Å². The predicted octanol–water partition coefficient (Wildman–Crippen LogP) is 2.29. The molecular weight excluding hydrogens is 310 g/mol. The molecule has 0 fully saturated rings. The summed E-state index contributed by atoms with van der Waals surface area (Å²) < 4.78 is 5.51. The van der Waals surface area contributed by atoms with Crippen molar-refractivity contribution in [2.24, 2.45) is 0 Å². The molecule has 4 nitrogen and oxygen atoms in total. The topological polar surface area (TPSA) is 55.4 Å². The van der Waals surface area contributed by atoms with Gasteiger partial charge in [0.1, 0.15) is 16.4 Å². The minimum atomic E-state index is -0.511. The van der Waals surface area contributed by atoms with E-state index in [2.05, 4.69) is 21.2 Å². The molecule has 19 heavy (non-hydrogen) atoms. The molecule has 0 radical (unpaired) electrons. The van der Waals surface area contributed by atoms with Gasteiger partial charge in [-0.25, -0.2) is 4.79 Å². The molecular formula is C14H14BrNO3. The Balaban J connectivity index is 2.07. The van der Waals surface area contributed by atoms with Crippen LogP contribution in [0.3, 0.4) is 0 Å². The summed E-state index contributed by atoms with van der Waals surface area (Å²) in [5.41, 5.74) is 1.74. The Labute approximate surface area is 120 Å². The number of rotatable bonds is 5. The summed E-state index contributed by atoms with van der Waals surface area (Å²) in [6.07, 6.45) is -0.319. The van der Waals surface area contributed by atoms with Gasteiger partial charge in [0, 0.05) is 13.0 Å². The smallest absolute Gasteiger partial charge is 0.347 e. The van der Waals surface area contributed by atoms with E-state index in [1.807, 2.05) is 30.3 Å². The molecule has 0 bridgehead atoms. The Kier molecular flexibility index (Phi) is 4.37. The zero-order valence-corrected chi connectivity index (χ0v) is 12.1. The molecule has 0 spiro atoms. The molecule has 0 aromatic heterocycles. The molecule has 0 unspecified atom stereocenters. The van der Waals surface area contributed by atoms with Crippen LogP contribution < -0.4 is 5.32 Å². The lowest BCUT2D eigenvalue weighted by Crippen LogP contribution is -2.24. The zero-order chi connectivity index (χ0) is 13.8. The molecule has 0 saturated heterocycles. The van der Waals surface area contributed by atoms with E-state index >= 15 is 0 Å². The Hall–Kier alpha value is -1.62. The van der Waals surface area contributed by atoms with Crippen molar-refractivity contribution >= 4 is 27.7 Å². The second-order valence-electron chi connectivity index (χ2n) is 4.37. The highest BCUT2D eigenvalue weighted by molar-refractivity contribution is 9.12. The summed E-state index contributed by atoms with van der Waals surface area (Å²) in [6, 6.07) is 9.81. The van der Waals surface area contributed by atoms with Crippen LogP contribution in [0.25, 0.3) is 0 Å². The van der Waals surface area contributed by atoms with Gasteiger partial charge in [-0.05, 0) is 28.4 Å². The van der Waals surface area contributed by atoms with Crippen molar-refractivity contribution in [2.75, 3.05) is 0 Å². The number of nitrogens with one attached hydrogen (secondary N) is 1. The molecule has 1 heterocycles. The van der Waals surface area contributed by atoms with E-state index in [1.54, 1.807) is 0 Å². The van der Waals surface area contributed by atoms with Crippen LogP contribution in [0.15, 0.2) is 40.5 Å². The summed E-state index contributed by atoms with van der Waals surface area (Å²) in [5, 5.41) is 3.17. The SMILES string of the molecule is CC(=O)C[C@@H]1OC(=O)C(Br)=C1NCc1ccccc1. The number of halogens is 1. The highest BCUT2D eigenvalue weighted by Gasteiger charge is 2.33. The lowest BCUT2D eigenvalue weighted by molar-refractivity contribution is -0.140. The average Bonchev–Trinajstić information content (AvgIpc) is 2.63. The van der Waals surface area contributed by atoms with Gasteiger partial charge in [0.2, 0.25) is 0 Å². The standard InChI is InChI=1S/C14H14BrNO3/c1-9(17)7-11-13(12(15)14(18)19-11)16-8-10-5-3-2-4-6-10/h2-6,11,16H,7-8H2,1H3/t11-/m0/s1. The summed E-state index contributed by atoms with van der Waals surface area (Å²) >= 11 is 3.21. The van der Waals surface area contributed by atoms with Crippen LogP contribution in [0.5, 0.6) is 0 Å². The third-order valence-electron chi connectivity index (χ3n) is 2.79. The maximum Gasteiger partial charge on any atom is 0.347 e. The first kappa shape index (κ1) is 13.8. The monoisotopic (exact) mass is 323 g/mol. The van der Waals surface area contributed by atoms with E-state index in [1.165, 1.54) is 6.92 Å². The first-order chi connectivity index (χ1) is 9.08. The Bertz CT molecular complexity index is 525. The lowest BCUT2D eigenvalue weighted by Gasteiger charge is -2.14. The fourth-order valence-electron chi connectivity index (χ4n) is 1.88. The largest absolute Gasteiger partial charge is 0.451 e. The molecule has 1 aromatic carbocycles. The van der Waals surface area contributed by atoms with Crippen LogP contribution >= 0.6 is 15.9 Å². The second kappa shape index (κ2) is 6.02. The molecule has 0 aliphatic carbocycles. The van der Waals surface area contributed by atoms with Crippen molar-refractivity contribution < 1.29 is 14.3 Å². The molecule has 1 N–H and O–H groups in total. The number of carbonyl (C=O) groups is 2. The van der Waals surface area contributed by atoms with E-state index in [4.69, 9.17) is 4.74 Å². The first-order valence-electron chi connectivity index (χ1n) is 5.96. The molecule has 1 aliphatic heterocycles. The Morgan fingerprint density at radius 2 is 2.05 bits per heavy atom. The number of cyclic esters (lactones) is 1. The number of Topliss-reactive ketones (excluding diaryl/α,β-unsaturated/α-hetero) is 1.